The van der Waals surface area contributed by atoms with Gasteiger partial charge in [-0.25, -0.2) is 4.79 Å². The minimum absolute atomic E-state index is 0.104. The molecule has 0 unspecified atom stereocenters. The van der Waals surface area contributed by atoms with Crippen molar-refractivity contribution in [1.29, 1.82) is 0 Å². The summed E-state index contributed by atoms with van der Waals surface area (Å²) in [6.07, 6.45) is 0.394. The molecule has 54 heavy (non-hydrogen) atoms. The van der Waals surface area contributed by atoms with Crippen molar-refractivity contribution in [3.63, 3.8) is 0 Å². The van der Waals surface area contributed by atoms with Crippen LogP contribution in [0.1, 0.15) is 76.6 Å². The second-order valence-electron chi connectivity index (χ2n) is 14.7. The van der Waals surface area contributed by atoms with Crippen molar-refractivity contribution < 1.29 is 33.3 Å². The highest BCUT2D eigenvalue weighted by Crippen LogP contribution is 2.28. The van der Waals surface area contributed by atoms with Crippen molar-refractivity contribution in [2.45, 2.75) is 84.3 Å². The van der Waals surface area contributed by atoms with Gasteiger partial charge in [-0.3, -0.25) is 4.79 Å². The summed E-state index contributed by atoms with van der Waals surface area (Å²) in [4.78, 5) is 26.2. The number of rotatable bonds is 14. The van der Waals surface area contributed by atoms with E-state index in [1.165, 1.54) is 5.69 Å². The van der Waals surface area contributed by atoms with Crippen LogP contribution in [0.15, 0.2) is 103 Å². The van der Waals surface area contributed by atoms with Gasteiger partial charge in [-0.1, -0.05) is 61.5 Å². The zero-order valence-corrected chi connectivity index (χ0v) is 32.4. The van der Waals surface area contributed by atoms with Crippen LogP contribution < -0.4 is 29.7 Å². The highest BCUT2D eigenvalue weighted by atomic mass is 16.6. The lowest BCUT2D eigenvalue weighted by Crippen LogP contribution is -2.54. The number of amides is 1. The molecule has 0 bridgehead atoms. The number of benzene rings is 4. The van der Waals surface area contributed by atoms with Gasteiger partial charge in [-0.2, -0.15) is 0 Å². The molecule has 2 fully saturated rings. The predicted octanol–water partition coefficient (Wildman–Crippen LogP) is 8.21. The molecule has 4 aromatic rings. The first-order chi connectivity index (χ1) is 25.9. The minimum atomic E-state index is -0.448. The maximum atomic E-state index is 12.0. The van der Waals surface area contributed by atoms with Crippen molar-refractivity contribution in [2.75, 3.05) is 37.7 Å². The highest BCUT2D eigenvalue weighted by molar-refractivity contribution is 5.71. The molecular formula is C44H55N3O7. The lowest BCUT2D eigenvalue weighted by molar-refractivity contribution is -0.155. The summed E-state index contributed by atoms with van der Waals surface area (Å²) in [7, 11) is 0. The number of esters is 1. The Kier molecular flexibility index (Phi) is 14.2. The first kappa shape index (κ1) is 40.0. The Hall–Kier alpha value is -5.22. The normalized spacial score (nSPS) is 15.3. The zero-order valence-electron chi connectivity index (χ0n) is 32.4. The molecular weight excluding hydrogens is 682 g/mol. The number of alkyl carbamates (subject to hydrolysis) is 1. The van der Waals surface area contributed by atoms with Gasteiger partial charge in [-0.15, -0.1) is 0 Å². The predicted molar refractivity (Wildman–Crippen MR) is 211 cm³/mol. The Labute approximate surface area is 320 Å². The Balaban J connectivity index is 0.000000213. The molecule has 1 amide bonds. The van der Waals surface area contributed by atoms with Crippen molar-refractivity contribution >= 4 is 17.7 Å². The third-order valence-corrected chi connectivity index (χ3v) is 8.98. The molecule has 0 aromatic heterocycles. The average Bonchev–Trinajstić information content (AvgIpc) is 3.11. The van der Waals surface area contributed by atoms with E-state index in [1.807, 2.05) is 133 Å². The minimum Gasteiger partial charge on any atom is -0.494 e. The Morgan fingerprint density at radius 3 is 1.91 bits per heavy atom. The number of ether oxygens (including phenoxy) is 5. The van der Waals surface area contributed by atoms with E-state index in [4.69, 9.17) is 23.7 Å². The lowest BCUT2D eigenvalue weighted by Gasteiger charge is -2.40. The fourth-order valence-electron chi connectivity index (χ4n) is 5.86. The molecule has 288 valence electrons. The fourth-order valence-corrected chi connectivity index (χ4v) is 5.86. The Morgan fingerprint density at radius 1 is 0.778 bits per heavy atom. The molecule has 10 nitrogen and oxygen atoms in total. The van der Waals surface area contributed by atoms with Gasteiger partial charge in [-0.05, 0) is 106 Å². The molecule has 0 spiro atoms. The molecule has 6 rings (SSSR count). The molecule has 2 heterocycles. The number of nitrogens with zero attached hydrogens (tertiary/aromatic N) is 1. The summed E-state index contributed by atoms with van der Waals surface area (Å²) in [6.45, 7) is 16.1. The summed E-state index contributed by atoms with van der Waals surface area (Å²) in [5.74, 6) is 2.55. The topological polar surface area (TPSA) is 108 Å². The maximum Gasteiger partial charge on any atom is 0.407 e. The van der Waals surface area contributed by atoms with E-state index in [1.54, 1.807) is 0 Å². The largest absolute Gasteiger partial charge is 0.494 e. The van der Waals surface area contributed by atoms with Crippen molar-refractivity contribution in [2.24, 2.45) is 0 Å². The van der Waals surface area contributed by atoms with Crippen LogP contribution in [-0.2, 0) is 20.9 Å². The molecule has 4 aromatic carbocycles. The van der Waals surface area contributed by atoms with Gasteiger partial charge in [0.25, 0.3) is 0 Å². The van der Waals surface area contributed by atoms with E-state index < -0.39 is 11.7 Å². The summed E-state index contributed by atoms with van der Waals surface area (Å²) in [5, 5.41) is 6.01. The van der Waals surface area contributed by atoms with Crippen LogP contribution in [0.25, 0.3) is 0 Å². The first-order valence-corrected chi connectivity index (χ1v) is 18.8. The number of hydrogen-bond acceptors (Lipinski definition) is 9. The van der Waals surface area contributed by atoms with Gasteiger partial charge in [0, 0.05) is 18.8 Å². The van der Waals surface area contributed by atoms with E-state index in [2.05, 4.69) is 27.7 Å². The van der Waals surface area contributed by atoms with Gasteiger partial charge in [0.2, 0.25) is 0 Å². The molecule has 2 atom stereocenters. The van der Waals surface area contributed by atoms with Crippen molar-refractivity contribution in [3.8, 4) is 17.2 Å². The van der Waals surface area contributed by atoms with Gasteiger partial charge < -0.3 is 39.2 Å². The number of hydrogen-bond donors (Lipinski definition) is 2. The molecule has 0 radical (unpaired) electrons. The Bertz CT molecular complexity index is 1730. The van der Waals surface area contributed by atoms with Crippen LogP contribution >= 0.6 is 0 Å². The van der Waals surface area contributed by atoms with Gasteiger partial charge in [0.15, 0.2) is 0 Å². The van der Waals surface area contributed by atoms with E-state index in [-0.39, 0.29) is 36.7 Å². The molecule has 0 saturated carbocycles. The van der Waals surface area contributed by atoms with Crippen LogP contribution in [0.2, 0.25) is 0 Å². The van der Waals surface area contributed by atoms with E-state index in [9.17, 15) is 9.59 Å². The summed E-state index contributed by atoms with van der Waals surface area (Å²) >= 11 is 0. The standard InChI is InChI=1S/C25H33NO4.C19H22N2O3/c1-6-28-21-13-9-20(10-14-21)26-16-23(17-26)29-22-11-7-19(8-12-22)18(2)15-24(27)30-25(3,4)5;1-14(21-19(22)23-13-15-5-3-2-4-6-15)16-7-9-17(10-8-16)24-18-11-20-12-18/h7-14,18,23H,6,15-17H2,1-5H3;2-10,14,18,20H,11-13H2,1H3,(H,21,22)/t18-;14-/m10/s1. The molecule has 2 aliphatic rings. The highest BCUT2D eigenvalue weighted by Gasteiger charge is 2.29. The number of carbonyl (C=O) groups excluding carboxylic acids is 2. The van der Waals surface area contributed by atoms with Crippen LogP contribution in [0, 0.1) is 0 Å². The molecule has 2 N–H and O–H groups in total. The third kappa shape index (κ3) is 12.7. The average molecular weight is 738 g/mol. The van der Waals surface area contributed by atoms with Gasteiger partial charge in [0.1, 0.15) is 41.7 Å². The van der Waals surface area contributed by atoms with Crippen LogP contribution in [0.3, 0.4) is 0 Å². The summed E-state index contributed by atoms with van der Waals surface area (Å²) in [5.41, 5.74) is 3.82. The SMILES string of the molecule is CCOc1ccc(N2CC(Oc3ccc([C@H](C)CC(=O)OC(C)(C)C)cc3)C2)cc1.C[C@H](NC(=O)OCc1ccccc1)c1ccc(OC2CNC2)cc1. The molecule has 10 heteroatoms. The molecule has 2 aliphatic heterocycles. The second-order valence-corrected chi connectivity index (χ2v) is 14.7. The summed E-state index contributed by atoms with van der Waals surface area (Å²) in [6, 6.07) is 33.5. The van der Waals surface area contributed by atoms with E-state index >= 15 is 0 Å². The van der Waals surface area contributed by atoms with Crippen molar-refractivity contribution in [3.05, 3.63) is 120 Å². The zero-order chi connectivity index (χ0) is 38.5. The third-order valence-electron chi connectivity index (χ3n) is 8.98. The van der Waals surface area contributed by atoms with E-state index in [0.29, 0.717) is 13.0 Å². The van der Waals surface area contributed by atoms with Crippen molar-refractivity contribution in [1.82, 2.24) is 10.6 Å². The Morgan fingerprint density at radius 2 is 1.35 bits per heavy atom. The number of carbonyl (C=O) groups is 2. The number of anilines is 1. The first-order valence-electron chi connectivity index (χ1n) is 18.8. The van der Waals surface area contributed by atoms with Gasteiger partial charge >= 0.3 is 12.1 Å². The molecule has 2 saturated heterocycles. The number of nitrogens with one attached hydrogen (secondary N) is 2. The summed E-state index contributed by atoms with van der Waals surface area (Å²) < 4.78 is 28.0. The molecule has 0 aliphatic carbocycles. The van der Waals surface area contributed by atoms with Gasteiger partial charge in [0.05, 0.1) is 32.2 Å². The smallest absolute Gasteiger partial charge is 0.407 e. The van der Waals surface area contributed by atoms with Crippen LogP contribution in [0.5, 0.6) is 17.2 Å². The maximum absolute atomic E-state index is 12.0. The fraction of sp³-hybridized carbons (Fsp3) is 0.409. The van der Waals surface area contributed by atoms with E-state index in [0.717, 1.165) is 60.1 Å². The monoisotopic (exact) mass is 737 g/mol. The second kappa shape index (κ2) is 19.2. The van der Waals surface area contributed by atoms with Crippen LogP contribution in [-0.4, -0.2) is 62.7 Å². The lowest BCUT2D eigenvalue weighted by atomic mass is 9.97. The van der Waals surface area contributed by atoms with Crippen LogP contribution in [0.4, 0.5) is 10.5 Å². The quantitative estimate of drug-likeness (QED) is 0.124.